The van der Waals surface area contributed by atoms with Gasteiger partial charge in [-0.2, -0.15) is 0 Å². The van der Waals surface area contributed by atoms with E-state index in [1.54, 1.807) is 29.2 Å². The lowest BCUT2D eigenvalue weighted by molar-refractivity contribution is -0.122. The molecule has 1 fully saturated rings. The van der Waals surface area contributed by atoms with Gasteiger partial charge in [-0.15, -0.1) is 0 Å². The fourth-order valence-electron chi connectivity index (χ4n) is 3.07. The van der Waals surface area contributed by atoms with Crippen LogP contribution in [0.2, 0.25) is 10.0 Å². The number of carbonyl (C=O) groups is 2. The van der Waals surface area contributed by atoms with Gasteiger partial charge in [-0.05, 0) is 55.8 Å². The van der Waals surface area contributed by atoms with Gasteiger partial charge in [0.15, 0.2) is 0 Å². The quantitative estimate of drug-likeness (QED) is 0.778. The molecule has 8 heteroatoms. The fourth-order valence-corrected chi connectivity index (χ4v) is 3.53. The Balaban J connectivity index is 1.60. The Labute approximate surface area is 166 Å². The van der Waals surface area contributed by atoms with Crippen molar-refractivity contribution in [3.8, 4) is 0 Å². The molecule has 1 aliphatic heterocycles. The first kappa shape index (κ1) is 19.6. The van der Waals surface area contributed by atoms with Gasteiger partial charge in [-0.1, -0.05) is 29.3 Å². The zero-order valence-corrected chi connectivity index (χ0v) is 15.9. The normalized spacial score (nSPS) is 16.9. The smallest absolute Gasteiger partial charge is 0.241 e. The number of rotatable bonds is 5. The van der Waals surface area contributed by atoms with E-state index in [4.69, 9.17) is 23.2 Å². The minimum absolute atomic E-state index is 0.0446. The number of hydrogen-bond donors (Lipinski definition) is 2. The second kappa shape index (κ2) is 8.69. The van der Waals surface area contributed by atoms with Gasteiger partial charge in [0.25, 0.3) is 0 Å². The van der Waals surface area contributed by atoms with Crippen LogP contribution in [-0.2, 0) is 9.59 Å². The van der Waals surface area contributed by atoms with Crippen molar-refractivity contribution in [3.05, 3.63) is 58.3 Å². The van der Waals surface area contributed by atoms with E-state index in [1.165, 1.54) is 18.2 Å². The molecule has 0 spiro atoms. The average molecular weight is 410 g/mol. The van der Waals surface area contributed by atoms with Crippen LogP contribution in [0.15, 0.2) is 42.5 Å². The first-order valence-corrected chi connectivity index (χ1v) is 9.23. The molecule has 2 aromatic rings. The van der Waals surface area contributed by atoms with Crippen LogP contribution in [0.1, 0.15) is 12.8 Å². The van der Waals surface area contributed by atoms with Crippen molar-refractivity contribution in [3.63, 3.8) is 0 Å². The number of nitrogens with zero attached hydrogens (tertiary/aromatic N) is 1. The van der Waals surface area contributed by atoms with Crippen molar-refractivity contribution < 1.29 is 14.0 Å². The summed E-state index contributed by atoms with van der Waals surface area (Å²) < 4.78 is 13.2. The summed E-state index contributed by atoms with van der Waals surface area (Å²) in [6, 6.07) is 10.1. The summed E-state index contributed by atoms with van der Waals surface area (Å²) in [6.45, 7) is 0.673. The van der Waals surface area contributed by atoms with Crippen LogP contribution in [0.4, 0.5) is 15.8 Å². The van der Waals surface area contributed by atoms with Gasteiger partial charge < -0.3 is 10.6 Å². The Hall–Kier alpha value is -2.15. The molecule has 2 N–H and O–H groups in total. The van der Waals surface area contributed by atoms with Gasteiger partial charge >= 0.3 is 0 Å². The molecule has 27 heavy (non-hydrogen) atoms. The molecule has 0 aromatic heterocycles. The zero-order valence-electron chi connectivity index (χ0n) is 14.3. The summed E-state index contributed by atoms with van der Waals surface area (Å²) in [7, 11) is 0. The molecule has 3 rings (SSSR count). The van der Waals surface area contributed by atoms with Crippen LogP contribution in [0.3, 0.4) is 0 Å². The number of hydrogen-bond acceptors (Lipinski definition) is 3. The number of benzene rings is 2. The van der Waals surface area contributed by atoms with Crippen LogP contribution < -0.4 is 10.6 Å². The Morgan fingerprint density at radius 3 is 2.70 bits per heavy atom. The largest absolute Gasteiger partial charge is 0.325 e. The van der Waals surface area contributed by atoms with E-state index in [-0.39, 0.29) is 18.4 Å². The first-order chi connectivity index (χ1) is 12.9. The lowest BCUT2D eigenvalue weighted by atomic mass is 10.2. The van der Waals surface area contributed by atoms with Gasteiger partial charge in [-0.25, -0.2) is 4.39 Å². The Morgan fingerprint density at radius 2 is 1.96 bits per heavy atom. The maximum Gasteiger partial charge on any atom is 0.241 e. The third-order valence-corrected chi connectivity index (χ3v) is 4.86. The molecule has 0 bridgehead atoms. The van der Waals surface area contributed by atoms with Crippen LogP contribution in [0.25, 0.3) is 0 Å². The van der Waals surface area contributed by atoms with Crippen molar-refractivity contribution >= 4 is 46.4 Å². The second-order valence-corrected chi connectivity index (χ2v) is 7.14. The summed E-state index contributed by atoms with van der Waals surface area (Å²) in [5.74, 6) is -0.953. The fraction of sp³-hybridized carbons (Fsp3) is 0.263. The maximum absolute atomic E-state index is 13.2. The molecule has 2 aromatic carbocycles. The van der Waals surface area contributed by atoms with Crippen molar-refractivity contribution in [1.82, 2.24) is 4.90 Å². The van der Waals surface area contributed by atoms with Gasteiger partial charge in [0.2, 0.25) is 11.8 Å². The Morgan fingerprint density at radius 1 is 1.15 bits per heavy atom. The van der Waals surface area contributed by atoms with E-state index >= 15 is 0 Å². The van der Waals surface area contributed by atoms with Crippen molar-refractivity contribution in [2.45, 2.75) is 18.9 Å². The molecule has 2 amide bonds. The third-order valence-electron chi connectivity index (χ3n) is 4.31. The summed E-state index contributed by atoms with van der Waals surface area (Å²) in [4.78, 5) is 26.7. The monoisotopic (exact) mass is 409 g/mol. The number of nitrogens with one attached hydrogen (secondary N) is 2. The van der Waals surface area contributed by atoms with Crippen LogP contribution in [-0.4, -0.2) is 35.8 Å². The third kappa shape index (κ3) is 5.19. The number of amides is 2. The number of anilines is 2. The van der Waals surface area contributed by atoms with Crippen LogP contribution in [0, 0.1) is 5.82 Å². The minimum atomic E-state index is -0.435. The molecule has 1 atom stereocenters. The summed E-state index contributed by atoms with van der Waals surface area (Å²) in [5.41, 5.74) is 0.857. The highest BCUT2D eigenvalue weighted by Crippen LogP contribution is 2.27. The maximum atomic E-state index is 13.2. The molecule has 1 heterocycles. The van der Waals surface area contributed by atoms with E-state index in [0.29, 0.717) is 34.4 Å². The Kier molecular flexibility index (Phi) is 6.31. The van der Waals surface area contributed by atoms with Gasteiger partial charge in [-0.3, -0.25) is 14.5 Å². The molecule has 0 radical (unpaired) electrons. The minimum Gasteiger partial charge on any atom is -0.325 e. The standard InChI is InChI=1S/C19H18Cl2FN3O2/c20-12-6-7-16(15(21)9-12)24-19(27)17-5-2-8-25(17)11-18(26)23-14-4-1-3-13(22)10-14/h1,3-4,6-7,9-10,17H,2,5,8,11H2,(H,23,26)(H,24,27)/t17-/m1/s1. The highest BCUT2D eigenvalue weighted by atomic mass is 35.5. The number of carbonyl (C=O) groups excluding carboxylic acids is 2. The summed E-state index contributed by atoms with van der Waals surface area (Å²) >= 11 is 12.0. The van der Waals surface area contributed by atoms with E-state index in [2.05, 4.69) is 10.6 Å². The van der Waals surface area contributed by atoms with E-state index < -0.39 is 11.9 Å². The van der Waals surface area contributed by atoms with Crippen molar-refractivity contribution in [1.29, 1.82) is 0 Å². The molecular weight excluding hydrogens is 392 g/mol. The number of halogens is 3. The molecule has 0 aliphatic carbocycles. The van der Waals surface area contributed by atoms with E-state index in [0.717, 1.165) is 6.42 Å². The molecule has 0 saturated carbocycles. The molecule has 0 unspecified atom stereocenters. The topological polar surface area (TPSA) is 61.4 Å². The van der Waals surface area contributed by atoms with E-state index in [9.17, 15) is 14.0 Å². The molecular formula is C19H18Cl2FN3O2. The SMILES string of the molecule is O=C(CN1CCC[C@@H]1C(=O)Nc1ccc(Cl)cc1Cl)Nc1cccc(F)c1. The predicted molar refractivity (Wildman–Crippen MR) is 105 cm³/mol. The lowest BCUT2D eigenvalue weighted by Gasteiger charge is -2.23. The molecule has 1 saturated heterocycles. The average Bonchev–Trinajstić information content (AvgIpc) is 3.05. The highest BCUT2D eigenvalue weighted by molar-refractivity contribution is 6.36. The summed E-state index contributed by atoms with van der Waals surface area (Å²) in [6.07, 6.45) is 1.45. The van der Waals surface area contributed by atoms with E-state index in [1.807, 2.05) is 0 Å². The van der Waals surface area contributed by atoms with Crippen molar-refractivity contribution in [2.75, 3.05) is 23.7 Å². The highest BCUT2D eigenvalue weighted by Gasteiger charge is 2.32. The van der Waals surface area contributed by atoms with Crippen LogP contribution >= 0.6 is 23.2 Å². The van der Waals surface area contributed by atoms with Gasteiger partial charge in [0.1, 0.15) is 5.82 Å². The van der Waals surface area contributed by atoms with Crippen molar-refractivity contribution in [2.24, 2.45) is 0 Å². The lowest BCUT2D eigenvalue weighted by Crippen LogP contribution is -2.43. The van der Waals surface area contributed by atoms with Crippen LogP contribution in [0.5, 0.6) is 0 Å². The first-order valence-electron chi connectivity index (χ1n) is 8.48. The molecule has 1 aliphatic rings. The van der Waals surface area contributed by atoms with Gasteiger partial charge in [0, 0.05) is 10.7 Å². The summed E-state index contributed by atoms with van der Waals surface area (Å²) in [5, 5.41) is 6.27. The second-order valence-electron chi connectivity index (χ2n) is 6.30. The molecule has 142 valence electrons. The number of likely N-dealkylation sites (tertiary alicyclic amines) is 1. The Bertz CT molecular complexity index is 863. The predicted octanol–water partition coefficient (Wildman–Crippen LogP) is 4.17. The van der Waals surface area contributed by atoms with Gasteiger partial charge in [0.05, 0.1) is 23.3 Å². The zero-order chi connectivity index (χ0) is 19.4. The molecule has 5 nitrogen and oxygen atoms in total.